The summed E-state index contributed by atoms with van der Waals surface area (Å²) in [6.07, 6.45) is 0. The van der Waals surface area contributed by atoms with Crippen molar-refractivity contribution in [3.63, 3.8) is 0 Å². The summed E-state index contributed by atoms with van der Waals surface area (Å²) in [5, 5.41) is 5.39. The first-order valence-corrected chi connectivity index (χ1v) is 14.4. The van der Waals surface area contributed by atoms with Crippen LogP contribution in [-0.4, -0.2) is 5.43 Å². The smallest absolute Gasteiger partial charge is 0.0579 e. The average Bonchev–Trinajstić information content (AvgIpc) is 3.07. The van der Waals surface area contributed by atoms with Gasteiger partial charge in [-0.05, 0) is 0 Å². The van der Waals surface area contributed by atoms with Crippen LogP contribution in [0.3, 0.4) is 0 Å². The SMILES string of the molecule is C[Si](C)=[Zr].Cc1cc2ccccc2[cH-]1.Cc1cc2ccccc2[cH-]1.[CH3-].[CH3-]. The van der Waals surface area contributed by atoms with Crippen molar-refractivity contribution < 1.29 is 23.3 Å². The molecule has 0 saturated carbocycles. The van der Waals surface area contributed by atoms with E-state index in [1.165, 1.54) is 32.7 Å². The topological polar surface area (TPSA) is 0 Å². The molecule has 0 aromatic heterocycles. The van der Waals surface area contributed by atoms with Gasteiger partial charge >= 0.3 is 41.9 Å². The van der Waals surface area contributed by atoms with E-state index >= 15 is 0 Å². The van der Waals surface area contributed by atoms with Crippen LogP contribution in [0.4, 0.5) is 0 Å². The van der Waals surface area contributed by atoms with E-state index in [9.17, 15) is 0 Å². The minimum absolute atomic E-state index is 0. The van der Waals surface area contributed by atoms with Crippen LogP contribution in [0.15, 0.2) is 72.8 Å². The minimum atomic E-state index is 0. The summed E-state index contributed by atoms with van der Waals surface area (Å²) in [6.45, 7) is 8.87. The summed E-state index contributed by atoms with van der Waals surface area (Å²) >= 11 is 1.74. The number of hydrogen-bond acceptors (Lipinski definition) is 0. The van der Waals surface area contributed by atoms with Crippen molar-refractivity contribution in [1.29, 1.82) is 0 Å². The van der Waals surface area contributed by atoms with E-state index < -0.39 is 0 Å². The van der Waals surface area contributed by atoms with Crippen molar-refractivity contribution in [2.45, 2.75) is 26.9 Å². The Labute approximate surface area is 175 Å². The van der Waals surface area contributed by atoms with E-state index in [0.717, 1.165) is 0 Å². The van der Waals surface area contributed by atoms with Crippen LogP contribution in [-0.2, 0) is 23.3 Å². The maximum Gasteiger partial charge on any atom is -0.0579 e. The fourth-order valence-corrected chi connectivity index (χ4v) is 2.61. The number of benzene rings is 2. The van der Waals surface area contributed by atoms with Gasteiger partial charge in [-0.2, -0.15) is 12.1 Å². The molecule has 0 heterocycles. The van der Waals surface area contributed by atoms with Crippen LogP contribution in [0.2, 0.25) is 13.1 Å². The number of aryl methyl sites for hydroxylation is 2. The molecule has 4 rings (SSSR count). The molecular weight excluding hydrogens is 408 g/mol. The first-order valence-electron chi connectivity index (χ1n) is 8.21. The summed E-state index contributed by atoms with van der Waals surface area (Å²) in [5.41, 5.74) is 2.91. The minimum Gasteiger partial charge on any atom is -0.358 e. The number of hydrogen-bond donors (Lipinski definition) is 0. The van der Waals surface area contributed by atoms with E-state index in [0.29, 0.717) is 0 Å². The Morgan fingerprint density at radius 3 is 1.31 bits per heavy atom. The Bertz CT molecular complexity index is 785. The standard InChI is InChI=1S/2C10H9.C2H6Si.2CH3.Zr/c2*1-8-6-9-4-2-3-5-10(9)7-8;1-3-2;;;/h2*2-7H,1H3;1-2H3;2*1H3;/q2*-1;;2*-1;. The molecule has 0 aliphatic rings. The molecule has 2 heteroatoms. The molecule has 0 radical (unpaired) electrons. The van der Waals surface area contributed by atoms with Gasteiger partial charge in [-0.1, -0.05) is 26.0 Å². The zero-order chi connectivity index (χ0) is 17.5. The Kier molecular flexibility index (Phi) is 11.6. The number of rotatable bonds is 0. The summed E-state index contributed by atoms with van der Waals surface area (Å²) in [4.78, 5) is 0. The van der Waals surface area contributed by atoms with Gasteiger partial charge in [-0.15, -0.1) is 81.2 Å². The van der Waals surface area contributed by atoms with Crippen LogP contribution in [0.1, 0.15) is 11.1 Å². The van der Waals surface area contributed by atoms with Gasteiger partial charge in [-0.25, -0.2) is 0 Å². The molecule has 0 aliphatic heterocycles. The summed E-state index contributed by atoms with van der Waals surface area (Å²) in [6, 6.07) is 25.7. The van der Waals surface area contributed by atoms with Crippen molar-refractivity contribution in [1.82, 2.24) is 0 Å². The van der Waals surface area contributed by atoms with E-state index in [2.05, 4.69) is 99.7 Å². The van der Waals surface area contributed by atoms with Crippen LogP contribution in [0.25, 0.3) is 21.5 Å². The van der Waals surface area contributed by atoms with Gasteiger partial charge < -0.3 is 14.9 Å². The third-order valence-electron chi connectivity index (χ3n) is 3.52. The zero-order valence-corrected chi connectivity index (χ0v) is 20.4. The normalized spacial score (nSPS) is 9.04. The molecule has 0 bridgehead atoms. The van der Waals surface area contributed by atoms with E-state index in [-0.39, 0.29) is 20.3 Å². The van der Waals surface area contributed by atoms with Gasteiger partial charge in [0.2, 0.25) is 0 Å². The van der Waals surface area contributed by atoms with Crippen LogP contribution in [0, 0.1) is 28.7 Å². The Hall–Kier alpha value is -1.24. The number of fused-ring (bicyclic) bond motifs is 2. The third kappa shape index (κ3) is 7.98. The third-order valence-corrected chi connectivity index (χ3v) is 3.52. The van der Waals surface area contributed by atoms with Crippen molar-refractivity contribution in [3.05, 3.63) is 98.8 Å². The van der Waals surface area contributed by atoms with Gasteiger partial charge in [0, 0.05) is 0 Å². The van der Waals surface area contributed by atoms with E-state index in [1.807, 2.05) is 0 Å². The fraction of sp³-hybridized carbons (Fsp3) is 0.167. The molecule has 4 aromatic carbocycles. The van der Waals surface area contributed by atoms with Gasteiger partial charge in [0.15, 0.2) is 0 Å². The molecule has 0 aliphatic carbocycles. The van der Waals surface area contributed by atoms with Crippen molar-refractivity contribution in [3.8, 4) is 0 Å². The molecule has 0 fully saturated rings. The van der Waals surface area contributed by atoms with Gasteiger partial charge in [0.05, 0.1) is 0 Å². The molecule has 0 atom stereocenters. The van der Waals surface area contributed by atoms with Crippen LogP contribution < -0.4 is 0 Å². The van der Waals surface area contributed by atoms with E-state index in [1.54, 1.807) is 23.3 Å². The summed E-state index contributed by atoms with van der Waals surface area (Å²) in [7, 11) is 0. The molecular formula is C24H30SiZr-4. The van der Waals surface area contributed by atoms with Crippen molar-refractivity contribution in [2.24, 2.45) is 0 Å². The first-order chi connectivity index (χ1) is 11.5. The summed E-state index contributed by atoms with van der Waals surface area (Å²) < 4.78 is 0. The largest absolute Gasteiger partial charge is 0.358 e. The van der Waals surface area contributed by atoms with E-state index in [4.69, 9.17) is 0 Å². The quantitative estimate of drug-likeness (QED) is 0.198. The molecule has 0 saturated heterocycles. The van der Waals surface area contributed by atoms with Crippen LogP contribution >= 0.6 is 0 Å². The monoisotopic (exact) mass is 436 g/mol. The molecule has 0 spiro atoms. The average molecular weight is 438 g/mol. The zero-order valence-electron chi connectivity index (χ0n) is 16.9. The Morgan fingerprint density at radius 2 is 1.00 bits per heavy atom. The predicted molar refractivity (Wildman–Crippen MR) is 119 cm³/mol. The fourth-order valence-electron chi connectivity index (χ4n) is 2.61. The second-order valence-corrected chi connectivity index (χ2v) is 15.7. The molecule has 26 heavy (non-hydrogen) atoms. The molecule has 0 nitrogen and oxygen atoms in total. The molecule has 0 unspecified atom stereocenters. The summed E-state index contributed by atoms with van der Waals surface area (Å²) in [5.74, 6) is 0. The Balaban J connectivity index is 0.000000378. The molecule has 0 N–H and O–H groups in total. The van der Waals surface area contributed by atoms with Gasteiger partial charge in [0.1, 0.15) is 0 Å². The Morgan fingerprint density at radius 1 is 0.692 bits per heavy atom. The maximum absolute atomic E-state index is 2.31. The van der Waals surface area contributed by atoms with Gasteiger partial charge in [0.25, 0.3) is 0 Å². The van der Waals surface area contributed by atoms with Crippen molar-refractivity contribution in [2.75, 3.05) is 0 Å². The van der Waals surface area contributed by atoms with Crippen LogP contribution in [0.5, 0.6) is 0 Å². The maximum atomic E-state index is 2.31. The first kappa shape index (κ1) is 24.8. The second kappa shape index (κ2) is 12.2. The molecule has 0 amide bonds. The second-order valence-electron chi connectivity index (χ2n) is 6.32. The predicted octanol–water partition coefficient (Wildman–Crippen LogP) is 7.42. The molecule has 4 aromatic rings. The molecule has 138 valence electrons. The van der Waals surface area contributed by atoms with Crippen molar-refractivity contribution >= 4 is 27.0 Å². The van der Waals surface area contributed by atoms with Gasteiger partial charge in [-0.3, -0.25) is 0 Å².